The number of carbonyl (C=O) groups is 1. The van der Waals surface area contributed by atoms with Crippen LogP contribution in [0.2, 0.25) is 0 Å². The van der Waals surface area contributed by atoms with Gasteiger partial charge in [0.25, 0.3) is 5.91 Å². The van der Waals surface area contributed by atoms with Gasteiger partial charge in [0.2, 0.25) is 0 Å². The van der Waals surface area contributed by atoms with E-state index in [1.807, 2.05) is 0 Å². The van der Waals surface area contributed by atoms with E-state index in [0.717, 1.165) is 0 Å². The van der Waals surface area contributed by atoms with Crippen LogP contribution in [0.3, 0.4) is 0 Å². The van der Waals surface area contributed by atoms with Crippen LogP contribution in [0.1, 0.15) is 33.1 Å². The number of carbonyl (C=O) groups excluding carboxylic acids is 1. The van der Waals surface area contributed by atoms with E-state index in [1.165, 1.54) is 0 Å². The fraction of sp³-hybridized carbons (Fsp3) is 0.909. The summed E-state index contributed by atoms with van der Waals surface area (Å²) in [6.07, 6.45) is 0.307. The summed E-state index contributed by atoms with van der Waals surface area (Å²) in [6.45, 7) is 4.02. The number of hydrogen-bond donors (Lipinski definition) is 0. The van der Waals surface area contributed by atoms with Crippen molar-refractivity contribution in [3.05, 3.63) is 0 Å². The highest BCUT2D eigenvalue weighted by Gasteiger charge is 2.60. The molecule has 5 nitrogen and oxygen atoms in total. The van der Waals surface area contributed by atoms with Crippen LogP contribution in [-0.2, 0) is 14.8 Å². The van der Waals surface area contributed by atoms with Crippen LogP contribution in [0.25, 0.3) is 0 Å². The first-order valence-electron chi connectivity index (χ1n) is 6.47. The Morgan fingerprint density at radius 1 is 1.35 bits per heavy atom. The summed E-state index contributed by atoms with van der Waals surface area (Å²) < 4.78 is 61.6. The van der Waals surface area contributed by atoms with Crippen LogP contribution >= 0.6 is 0 Å². The zero-order chi connectivity index (χ0) is 15.3. The van der Waals surface area contributed by atoms with E-state index in [-0.39, 0.29) is 16.6 Å². The highest BCUT2D eigenvalue weighted by atomic mass is 32.2. The van der Waals surface area contributed by atoms with Gasteiger partial charge in [0.15, 0.2) is 0 Å². The predicted molar refractivity (Wildman–Crippen MR) is 64.8 cm³/mol. The molecule has 2 rings (SSSR count). The van der Waals surface area contributed by atoms with Crippen molar-refractivity contribution < 1.29 is 26.4 Å². The molecule has 2 heterocycles. The summed E-state index contributed by atoms with van der Waals surface area (Å²) in [5.41, 5.74) is -5.45. The second-order valence-corrected chi connectivity index (χ2v) is 7.40. The van der Waals surface area contributed by atoms with Crippen molar-refractivity contribution >= 4 is 15.9 Å². The molecule has 2 fully saturated rings. The molecule has 0 aromatic heterocycles. The standard InChI is InChI=1S/C11H17F3N2O3S/c1-7(2)6-9-15-5-3-4-8(15)10(17)16(9)20(18,19)11(12,13)14/h7-9H,3-6H2,1-2H3/t8-,9+/m0/s1. The molecule has 0 spiro atoms. The highest BCUT2D eigenvalue weighted by molar-refractivity contribution is 7.90. The van der Waals surface area contributed by atoms with Gasteiger partial charge in [0.05, 0.1) is 6.04 Å². The molecule has 0 saturated carbocycles. The lowest BCUT2D eigenvalue weighted by molar-refractivity contribution is -0.127. The number of rotatable bonds is 3. The summed E-state index contributed by atoms with van der Waals surface area (Å²) in [5, 5.41) is 0. The van der Waals surface area contributed by atoms with Gasteiger partial charge in [-0.05, 0) is 25.2 Å². The maximum atomic E-state index is 12.7. The van der Waals surface area contributed by atoms with Gasteiger partial charge in [0.1, 0.15) is 6.17 Å². The lowest BCUT2D eigenvalue weighted by Gasteiger charge is -2.30. The highest BCUT2D eigenvalue weighted by Crippen LogP contribution is 2.39. The molecule has 0 aromatic carbocycles. The third-order valence-corrected chi connectivity index (χ3v) is 5.21. The zero-order valence-corrected chi connectivity index (χ0v) is 12.0. The van der Waals surface area contributed by atoms with E-state index in [1.54, 1.807) is 18.7 Å². The number of halogens is 3. The molecule has 0 N–H and O–H groups in total. The van der Waals surface area contributed by atoms with Crippen molar-refractivity contribution in [1.29, 1.82) is 0 Å². The fourth-order valence-corrected chi connectivity index (χ4v) is 3.99. The fourth-order valence-electron chi connectivity index (χ4n) is 2.88. The molecule has 0 radical (unpaired) electrons. The maximum Gasteiger partial charge on any atom is 0.516 e. The molecule has 20 heavy (non-hydrogen) atoms. The average Bonchev–Trinajstić information content (AvgIpc) is 2.81. The van der Waals surface area contributed by atoms with E-state index in [9.17, 15) is 26.4 Å². The van der Waals surface area contributed by atoms with E-state index < -0.39 is 33.6 Å². The minimum absolute atomic E-state index is 0.0157. The predicted octanol–water partition coefficient (Wildman–Crippen LogP) is 1.51. The Hall–Kier alpha value is -0.830. The number of fused-ring (bicyclic) bond motifs is 1. The van der Waals surface area contributed by atoms with Crippen LogP contribution < -0.4 is 0 Å². The molecule has 0 aromatic rings. The zero-order valence-electron chi connectivity index (χ0n) is 11.2. The molecular formula is C11H17F3N2O3S. The number of hydrogen-bond acceptors (Lipinski definition) is 4. The number of amides is 1. The minimum atomic E-state index is -5.62. The molecule has 2 atom stereocenters. The Labute approximate surface area is 115 Å². The van der Waals surface area contributed by atoms with Gasteiger partial charge in [-0.2, -0.15) is 21.6 Å². The summed E-state index contributed by atoms with van der Waals surface area (Å²) in [4.78, 5) is 13.7. The van der Waals surface area contributed by atoms with Crippen molar-refractivity contribution in [1.82, 2.24) is 9.21 Å². The van der Waals surface area contributed by atoms with Crippen LogP contribution in [0, 0.1) is 5.92 Å². The second kappa shape index (κ2) is 4.87. The van der Waals surface area contributed by atoms with Gasteiger partial charge in [-0.3, -0.25) is 9.69 Å². The largest absolute Gasteiger partial charge is 0.516 e. The smallest absolute Gasteiger partial charge is 0.272 e. The van der Waals surface area contributed by atoms with E-state index in [0.29, 0.717) is 19.4 Å². The van der Waals surface area contributed by atoms with E-state index in [2.05, 4.69) is 0 Å². The Bertz CT molecular complexity index is 504. The van der Waals surface area contributed by atoms with Gasteiger partial charge < -0.3 is 0 Å². The molecule has 0 bridgehead atoms. The molecule has 2 aliphatic rings. The van der Waals surface area contributed by atoms with Gasteiger partial charge in [0, 0.05) is 6.54 Å². The first kappa shape index (κ1) is 15.6. The molecule has 2 aliphatic heterocycles. The van der Waals surface area contributed by atoms with Crippen molar-refractivity contribution in [2.75, 3.05) is 6.54 Å². The molecule has 1 amide bonds. The van der Waals surface area contributed by atoms with Crippen LogP contribution in [-0.4, -0.2) is 47.8 Å². The van der Waals surface area contributed by atoms with Crippen molar-refractivity contribution in [3.63, 3.8) is 0 Å². The van der Waals surface area contributed by atoms with Crippen molar-refractivity contribution in [3.8, 4) is 0 Å². The number of alkyl halides is 3. The number of nitrogens with zero attached hydrogens (tertiary/aromatic N) is 2. The van der Waals surface area contributed by atoms with Crippen molar-refractivity contribution in [2.24, 2.45) is 5.92 Å². The lowest BCUT2D eigenvalue weighted by atomic mass is 10.1. The first-order valence-corrected chi connectivity index (χ1v) is 7.91. The van der Waals surface area contributed by atoms with Gasteiger partial charge in [-0.1, -0.05) is 13.8 Å². The Morgan fingerprint density at radius 2 is 1.95 bits per heavy atom. The summed E-state index contributed by atoms with van der Waals surface area (Å²) in [5.74, 6) is -0.955. The molecule has 9 heteroatoms. The molecular weight excluding hydrogens is 297 g/mol. The molecule has 0 unspecified atom stereocenters. The average molecular weight is 314 g/mol. The van der Waals surface area contributed by atoms with Crippen LogP contribution in [0.15, 0.2) is 0 Å². The summed E-state index contributed by atoms with van der Waals surface area (Å²) in [7, 11) is -5.62. The Morgan fingerprint density at radius 3 is 2.45 bits per heavy atom. The SMILES string of the molecule is CC(C)C[C@@H]1N2CCC[C@H]2C(=O)N1S(=O)(=O)C(F)(F)F. The monoisotopic (exact) mass is 314 g/mol. The normalized spacial score (nSPS) is 28.5. The van der Waals surface area contributed by atoms with Crippen LogP contribution in [0.4, 0.5) is 13.2 Å². The van der Waals surface area contributed by atoms with Gasteiger partial charge >= 0.3 is 15.5 Å². The molecule has 116 valence electrons. The number of sulfonamides is 1. The third-order valence-electron chi connectivity index (χ3n) is 3.68. The summed E-state index contributed by atoms with van der Waals surface area (Å²) >= 11 is 0. The maximum absolute atomic E-state index is 12.7. The third kappa shape index (κ3) is 2.30. The minimum Gasteiger partial charge on any atom is -0.272 e. The Kier molecular flexibility index (Phi) is 3.79. The van der Waals surface area contributed by atoms with E-state index >= 15 is 0 Å². The first-order chi connectivity index (χ1) is 9.07. The van der Waals surface area contributed by atoms with E-state index in [4.69, 9.17) is 0 Å². The van der Waals surface area contributed by atoms with Crippen molar-refractivity contribution in [2.45, 2.75) is 50.8 Å². The molecule has 0 aliphatic carbocycles. The van der Waals surface area contributed by atoms with Gasteiger partial charge in [-0.25, -0.2) is 4.31 Å². The molecule has 2 saturated heterocycles. The van der Waals surface area contributed by atoms with Gasteiger partial charge in [-0.15, -0.1) is 0 Å². The Balaban J connectivity index is 2.42. The lowest BCUT2D eigenvalue weighted by Crippen LogP contribution is -2.49. The summed E-state index contributed by atoms with van der Waals surface area (Å²) in [6, 6.07) is -0.726. The van der Waals surface area contributed by atoms with Crippen LogP contribution in [0.5, 0.6) is 0 Å². The topological polar surface area (TPSA) is 57.7 Å². The quantitative estimate of drug-likeness (QED) is 0.792. The second-order valence-electron chi connectivity index (χ2n) is 5.59.